The van der Waals surface area contributed by atoms with E-state index in [4.69, 9.17) is 9.47 Å². The molecule has 1 aromatic carbocycles. The van der Waals surface area contributed by atoms with Crippen molar-refractivity contribution in [3.63, 3.8) is 0 Å². The number of halogens is 1. The Hall–Kier alpha value is -1.46. The van der Waals surface area contributed by atoms with Gasteiger partial charge < -0.3 is 20.1 Å². The predicted octanol–water partition coefficient (Wildman–Crippen LogP) is 4.71. The quantitative estimate of drug-likeness (QED) is 0.646. The first-order valence-corrected chi connectivity index (χ1v) is 9.57. The number of carbonyl (C=O) groups excluding carboxylic acids is 1. The summed E-state index contributed by atoms with van der Waals surface area (Å²) in [6.07, 6.45) is 1.07. The molecule has 0 spiro atoms. The fourth-order valence-corrected chi connectivity index (χ4v) is 3.27. The molecule has 1 rings (SSSR count). The molecule has 0 aliphatic heterocycles. The number of carbonyl (C=O) groups is 1. The van der Waals surface area contributed by atoms with Crippen molar-refractivity contribution in [3.05, 3.63) is 23.8 Å². The van der Waals surface area contributed by atoms with E-state index in [9.17, 15) is 4.79 Å². The molecule has 28 heavy (non-hydrogen) atoms. The third-order valence-electron chi connectivity index (χ3n) is 3.84. The van der Waals surface area contributed by atoms with Gasteiger partial charge in [-0.1, -0.05) is 26.8 Å². The van der Waals surface area contributed by atoms with Gasteiger partial charge in [0.05, 0.1) is 7.11 Å². The van der Waals surface area contributed by atoms with E-state index in [1.54, 1.807) is 7.11 Å². The molecule has 0 atom stereocenters. The van der Waals surface area contributed by atoms with Crippen LogP contribution in [0.1, 0.15) is 67.4 Å². The van der Waals surface area contributed by atoms with Crippen molar-refractivity contribution >= 4 is 18.3 Å². The third-order valence-corrected chi connectivity index (χ3v) is 3.84. The van der Waals surface area contributed by atoms with Gasteiger partial charge >= 0.3 is 0 Å². The van der Waals surface area contributed by atoms with Gasteiger partial charge in [-0.25, -0.2) is 0 Å². The highest BCUT2D eigenvalue weighted by molar-refractivity contribution is 5.85. The summed E-state index contributed by atoms with van der Waals surface area (Å²) in [5, 5.41) is 6.50. The van der Waals surface area contributed by atoms with Crippen molar-refractivity contribution in [1.82, 2.24) is 10.6 Å². The molecular formula is C22H39ClN2O3. The molecule has 6 heteroatoms. The minimum Gasteiger partial charge on any atom is -0.493 e. The predicted molar refractivity (Wildman–Crippen MR) is 119 cm³/mol. The van der Waals surface area contributed by atoms with Crippen LogP contribution in [0.25, 0.3) is 0 Å². The molecule has 0 unspecified atom stereocenters. The zero-order valence-corrected chi connectivity index (χ0v) is 19.8. The Morgan fingerprint density at radius 1 is 1.00 bits per heavy atom. The average Bonchev–Trinajstić information content (AvgIpc) is 2.47. The number of benzene rings is 1. The van der Waals surface area contributed by atoms with E-state index in [-0.39, 0.29) is 41.4 Å². The number of hydrogen-bond acceptors (Lipinski definition) is 4. The Bertz CT molecular complexity index is 632. The maximum absolute atomic E-state index is 11.9. The number of ether oxygens (including phenoxy) is 2. The van der Waals surface area contributed by atoms with E-state index in [0.29, 0.717) is 11.5 Å². The number of nitrogens with one attached hydrogen (secondary N) is 2. The van der Waals surface area contributed by atoms with Crippen molar-refractivity contribution in [3.8, 4) is 11.5 Å². The van der Waals surface area contributed by atoms with E-state index < -0.39 is 0 Å². The lowest BCUT2D eigenvalue weighted by Crippen LogP contribution is -2.43. The average molecular weight is 415 g/mol. The molecule has 0 saturated carbocycles. The minimum absolute atomic E-state index is 0. The Kier molecular flexibility index (Phi) is 9.81. The van der Waals surface area contributed by atoms with Crippen molar-refractivity contribution in [1.29, 1.82) is 0 Å². The van der Waals surface area contributed by atoms with Gasteiger partial charge in [0.25, 0.3) is 5.91 Å². The maximum Gasteiger partial charge on any atom is 0.258 e. The highest BCUT2D eigenvalue weighted by Crippen LogP contribution is 2.30. The van der Waals surface area contributed by atoms with Crippen LogP contribution in [0.15, 0.2) is 18.2 Å². The van der Waals surface area contributed by atoms with Crippen molar-refractivity contribution in [2.75, 3.05) is 13.7 Å². The molecule has 0 aromatic heterocycles. The summed E-state index contributed by atoms with van der Waals surface area (Å²) in [6, 6.07) is 5.81. The second-order valence-electron chi connectivity index (χ2n) is 10.0. The van der Waals surface area contributed by atoms with Crippen LogP contribution >= 0.6 is 12.4 Å². The second-order valence-corrected chi connectivity index (χ2v) is 10.0. The molecule has 0 radical (unpaired) electrons. The SMILES string of the molecule is COc1cc(CNC(C)(C)CC(C)(C)C)ccc1OCC(=O)NC(C)(C)C.Cl. The van der Waals surface area contributed by atoms with Crippen LogP contribution in [0, 0.1) is 5.41 Å². The van der Waals surface area contributed by atoms with Gasteiger partial charge in [-0.15, -0.1) is 12.4 Å². The van der Waals surface area contributed by atoms with Gasteiger partial charge in [0, 0.05) is 17.6 Å². The normalized spacial score (nSPS) is 12.2. The Morgan fingerprint density at radius 2 is 1.61 bits per heavy atom. The summed E-state index contributed by atoms with van der Waals surface area (Å²) < 4.78 is 11.1. The first-order valence-electron chi connectivity index (χ1n) is 9.57. The Morgan fingerprint density at radius 3 is 2.11 bits per heavy atom. The molecule has 5 nitrogen and oxygen atoms in total. The summed E-state index contributed by atoms with van der Waals surface area (Å²) in [6.45, 7) is 17.7. The van der Waals surface area contributed by atoms with Crippen molar-refractivity contribution in [2.24, 2.45) is 5.41 Å². The maximum atomic E-state index is 11.9. The number of rotatable bonds is 8. The minimum atomic E-state index is -0.278. The van der Waals surface area contributed by atoms with Crippen LogP contribution in [-0.4, -0.2) is 30.7 Å². The Balaban J connectivity index is 0.00000729. The summed E-state index contributed by atoms with van der Waals surface area (Å²) in [7, 11) is 1.61. The lowest BCUT2D eigenvalue weighted by Gasteiger charge is -2.33. The van der Waals surface area contributed by atoms with E-state index in [1.165, 1.54) is 0 Å². The van der Waals surface area contributed by atoms with Gasteiger partial charge in [-0.05, 0) is 64.2 Å². The van der Waals surface area contributed by atoms with Crippen LogP contribution in [0.3, 0.4) is 0 Å². The second kappa shape index (κ2) is 10.4. The third kappa shape index (κ3) is 10.8. The van der Waals surface area contributed by atoms with Crippen LogP contribution in [0.2, 0.25) is 0 Å². The summed E-state index contributed by atoms with van der Waals surface area (Å²) in [4.78, 5) is 11.9. The van der Waals surface area contributed by atoms with Gasteiger partial charge in [0.2, 0.25) is 0 Å². The van der Waals surface area contributed by atoms with Gasteiger partial charge in [-0.2, -0.15) is 0 Å². The standard InChI is InChI=1S/C22H38N2O3.ClH/c1-20(2,3)15-22(7,8)23-13-16-10-11-17(18(12-16)26-9)27-14-19(25)24-21(4,5)6;/h10-12,23H,13-15H2,1-9H3,(H,24,25);1H. The lowest BCUT2D eigenvalue weighted by molar-refractivity contribution is -0.124. The molecule has 0 saturated heterocycles. The zero-order valence-electron chi connectivity index (χ0n) is 19.0. The first-order chi connectivity index (χ1) is 12.2. The fraction of sp³-hybridized carbons (Fsp3) is 0.682. The molecule has 0 fully saturated rings. The van der Waals surface area contributed by atoms with E-state index >= 15 is 0 Å². The molecular weight excluding hydrogens is 376 g/mol. The van der Waals surface area contributed by atoms with Crippen molar-refractivity contribution < 1.29 is 14.3 Å². The van der Waals surface area contributed by atoms with Crippen LogP contribution < -0.4 is 20.1 Å². The van der Waals surface area contributed by atoms with E-state index in [0.717, 1.165) is 18.5 Å². The molecule has 162 valence electrons. The largest absolute Gasteiger partial charge is 0.493 e. The van der Waals surface area contributed by atoms with Crippen LogP contribution in [0.4, 0.5) is 0 Å². The van der Waals surface area contributed by atoms with E-state index in [1.807, 2.05) is 39.0 Å². The first kappa shape index (κ1) is 26.5. The Labute approximate surface area is 177 Å². The molecule has 0 heterocycles. The molecule has 2 N–H and O–H groups in total. The lowest BCUT2D eigenvalue weighted by atomic mass is 9.82. The topological polar surface area (TPSA) is 59.6 Å². The number of hydrogen-bond donors (Lipinski definition) is 2. The van der Waals surface area contributed by atoms with Crippen LogP contribution in [-0.2, 0) is 11.3 Å². The van der Waals surface area contributed by atoms with Gasteiger partial charge in [0.15, 0.2) is 18.1 Å². The molecule has 0 aliphatic rings. The smallest absolute Gasteiger partial charge is 0.258 e. The number of amides is 1. The van der Waals surface area contributed by atoms with Crippen LogP contribution in [0.5, 0.6) is 11.5 Å². The van der Waals surface area contributed by atoms with E-state index in [2.05, 4.69) is 45.3 Å². The van der Waals surface area contributed by atoms with Crippen molar-refractivity contribution in [2.45, 2.75) is 79.4 Å². The van der Waals surface area contributed by atoms with Gasteiger partial charge in [-0.3, -0.25) is 4.79 Å². The fourth-order valence-electron chi connectivity index (χ4n) is 3.27. The van der Waals surface area contributed by atoms with Gasteiger partial charge in [0.1, 0.15) is 0 Å². The summed E-state index contributed by atoms with van der Waals surface area (Å²) in [5.41, 5.74) is 1.13. The zero-order chi connectivity index (χ0) is 20.9. The molecule has 0 bridgehead atoms. The summed E-state index contributed by atoms with van der Waals surface area (Å²) in [5.74, 6) is 1.05. The molecule has 0 aliphatic carbocycles. The summed E-state index contributed by atoms with van der Waals surface area (Å²) >= 11 is 0. The molecule has 1 amide bonds. The highest BCUT2D eigenvalue weighted by atomic mass is 35.5. The monoisotopic (exact) mass is 414 g/mol. The molecule has 1 aromatic rings. The number of methoxy groups -OCH3 is 1. The highest BCUT2D eigenvalue weighted by Gasteiger charge is 2.24.